The van der Waals surface area contributed by atoms with Gasteiger partial charge in [0.25, 0.3) is 5.91 Å². The minimum atomic E-state index is -0.202. The lowest BCUT2D eigenvalue weighted by Crippen LogP contribution is -2.30. The average Bonchev–Trinajstić information content (AvgIpc) is 2.68. The lowest BCUT2D eigenvalue weighted by atomic mass is 10.0. The van der Waals surface area contributed by atoms with E-state index < -0.39 is 0 Å². The van der Waals surface area contributed by atoms with Crippen LogP contribution in [0.3, 0.4) is 0 Å². The van der Waals surface area contributed by atoms with Gasteiger partial charge in [-0.05, 0) is 41.3 Å². The molecule has 0 atom stereocenters. The number of rotatable bonds is 3. The van der Waals surface area contributed by atoms with Crippen molar-refractivity contribution in [2.45, 2.75) is 6.92 Å². The molecule has 0 aliphatic heterocycles. The van der Waals surface area contributed by atoms with Crippen LogP contribution in [0, 0.1) is 0 Å². The van der Waals surface area contributed by atoms with Gasteiger partial charge in [-0.2, -0.15) is 0 Å². The van der Waals surface area contributed by atoms with E-state index in [4.69, 9.17) is 0 Å². The van der Waals surface area contributed by atoms with Crippen molar-refractivity contribution in [1.82, 2.24) is 0 Å². The summed E-state index contributed by atoms with van der Waals surface area (Å²) in [5.41, 5.74) is 1.17. The maximum atomic E-state index is 13.3. The zero-order chi connectivity index (χ0) is 18.1. The fraction of sp³-hybridized carbons (Fsp3) is 0.0870. The van der Waals surface area contributed by atoms with Crippen LogP contribution in [0.25, 0.3) is 21.5 Å². The number of hydrogen-bond acceptors (Lipinski definition) is 2. The molecule has 0 aromatic heterocycles. The molecule has 0 spiro atoms. The number of benzene rings is 4. The summed E-state index contributed by atoms with van der Waals surface area (Å²) in [5, 5.41) is 14.4. The largest absolute Gasteiger partial charge is 0.507 e. The van der Waals surface area contributed by atoms with E-state index in [-0.39, 0.29) is 11.7 Å². The van der Waals surface area contributed by atoms with Crippen molar-refractivity contribution >= 4 is 33.1 Å². The zero-order valence-electron chi connectivity index (χ0n) is 14.5. The van der Waals surface area contributed by atoms with Gasteiger partial charge in [-0.3, -0.25) is 4.79 Å². The van der Waals surface area contributed by atoms with Crippen LogP contribution in [0.2, 0.25) is 0 Å². The minimum Gasteiger partial charge on any atom is -0.507 e. The molecule has 0 saturated carbocycles. The molecule has 4 aromatic rings. The third-order valence-corrected chi connectivity index (χ3v) is 4.71. The van der Waals surface area contributed by atoms with Crippen LogP contribution in [-0.2, 0) is 0 Å². The number of phenolic OH excluding ortho intramolecular Hbond substituents is 1. The number of hydrogen-bond donors (Lipinski definition) is 1. The molecule has 0 saturated heterocycles. The normalized spacial score (nSPS) is 11.0. The lowest BCUT2D eigenvalue weighted by molar-refractivity contribution is 0.0986. The van der Waals surface area contributed by atoms with Crippen LogP contribution < -0.4 is 4.90 Å². The van der Waals surface area contributed by atoms with E-state index in [0.29, 0.717) is 12.1 Å². The first-order valence-electron chi connectivity index (χ1n) is 8.70. The predicted octanol–water partition coefficient (Wildman–Crippen LogP) is 5.37. The van der Waals surface area contributed by atoms with Crippen molar-refractivity contribution in [3.63, 3.8) is 0 Å². The molecule has 0 radical (unpaired) electrons. The fourth-order valence-electron chi connectivity index (χ4n) is 3.41. The number of anilines is 1. The first-order valence-corrected chi connectivity index (χ1v) is 8.70. The van der Waals surface area contributed by atoms with Crippen LogP contribution in [0.1, 0.15) is 17.3 Å². The Balaban J connectivity index is 1.84. The van der Waals surface area contributed by atoms with E-state index >= 15 is 0 Å². The average molecular weight is 341 g/mol. The van der Waals surface area contributed by atoms with Gasteiger partial charge in [-0.15, -0.1) is 0 Å². The van der Waals surface area contributed by atoms with E-state index in [2.05, 4.69) is 0 Å². The Morgan fingerprint density at radius 1 is 0.846 bits per heavy atom. The van der Waals surface area contributed by atoms with Crippen LogP contribution in [0.4, 0.5) is 5.69 Å². The topological polar surface area (TPSA) is 40.5 Å². The van der Waals surface area contributed by atoms with Crippen LogP contribution in [-0.4, -0.2) is 17.6 Å². The van der Waals surface area contributed by atoms with Crippen LogP contribution in [0.5, 0.6) is 5.75 Å². The molecule has 1 N–H and O–H groups in total. The van der Waals surface area contributed by atoms with Crippen molar-refractivity contribution in [2.24, 2.45) is 0 Å². The smallest absolute Gasteiger partial charge is 0.262 e. The first-order chi connectivity index (χ1) is 12.7. The number of fused-ring (bicyclic) bond motifs is 2. The zero-order valence-corrected chi connectivity index (χ0v) is 14.5. The second kappa shape index (κ2) is 6.52. The summed E-state index contributed by atoms with van der Waals surface area (Å²) < 4.78 is 0. The van der Waals surface area contributed by atoms with Gasteiger partial charge in [-0.25, -0.2) is 0 Å². The Morgan fingerprint density at radius 3 is 2.19 bits per heavy atom. The summed E-state index contributed by atoms with van der Waals surface area (Å²) in [5.74, 6) is -0.195. The number of phenols is 1. The van der Waals surface area contributed by atoms with Gasteiger partial charge < -0.3 is 10.0 Å². The Morgan fingerprint density at radius 2 is 1.46 bits per heavy atom. The fourth-order valence-corrected chi connectivity index (χ4v) is 3.41. The lowest BCUT2D eigenvalue weighted by Gasteiger charge is -2.23. The number of nitrogens with zero attached hydrogens (tertiary/aromatic N) is 1. The van der Waals surface area contributed by atoms with Gasteiger partial charge in [0.1, 0.15) is 5.75 Å². The summed E-state index contributed by atoms with van der Waals surface area (Å²) in [6.45, 7) is 2.46. The number of carbonyl (C=O) groups excluding carboxylic acids is 1. The Hall–Kier alpha value is -3.33. The maximum absolute atomic E-state index is 13.3. The molecule has 0 aliphatic carbocycles. The van der Waals surface area contributed by atoms with Gasteiger partial charge in [0.2, 0.25) is 0 Å². The van der Waals surface area contributed by atoms with E-state index in [9.17, 15) is 9.90 Å². The first kappa shape index (κ1) is 16.2. The molecule has 4 rings (SSSR count). The summed E-state index contributed by atoms with van der Waals surface area (Å²) in [4.78, 5) is 15.0. The van der Waals surface area contributed by atoms with Gasteiger partial charge in [0, 0.05) is 11.9 Å². The molecule has 3 nitrogen and oxygen atoms in total. The number of amides is 1. The third-order valence-electron chi connectivity index (χ3n) is 4.71. The summed E-state index contributed by atoms with van der Waals surface area (Å²) in [6, 6.07) is 25.1. The minimum absolute atomic E-state index is 0.00684. The monoisotopic (exact) mass is 341 g/mol. The molecule has 128 valence electrons. The van der Waals surface area contributed by atoms with Crippen LogP contribution in [0.15, 0.2) is 78.9 Å². The standard InChI is InChI=1S/C23H19NO2/c1-2-24(21-13-7-11-16-8-5-6-12-19(16)21)23(26)20-14-17-9-3-4-10-18(17)15-22(20)25/h3-15,25H,2H2,1H3. The molecule has 0 aliphatic rings. The van der Waals surface area contributed by atoms with Gasteiger partial charge in [0.05, 0.1) is 11.3 Å². The van der Waals surface area contributed by atoms with Crippen molar-refractivity contribution in [3.05, 3.63) is 84.4 Å². The van der Waals surface area contributed by atoms with E-state index in [1.807, 2.05) is 73.7 Å². The summed E-state index contributed by atoms with van der Waals surface area (Å²) in [6.07, 6.45) is 0. The number of aromatic hydroxyl groups is 1. The highest BCUT2D eigenvalue weighted by molar-refractivity contribution is 6.13. The predicted molar refractivity (Wildman–Crippen MR) is 107 cm³/mol. The molecule has 1 amide bonds. The van der Waals surface area contributed by atoms with Gasteiger partial charge >= 0.3 is 0 Å². The molecule has 4 aromatic carbocycles. The molecule has 0 unspecified atom stereocenters. The van der Waals surface area contributed by atoms with Crippen molar-refractivity contribution in [1.29, 1.82) is 0 Å². The molecular formula is C23H19NO2. The second-order valence-corrected chi connectivity index (χ2v) is 6.26. The Kier molecular flexibility index (Phi) is 4.05. The van der Waals surface area contributed by atoms with Crippen molar-refractivity contribution in [2.75, 3.05) is 11.4 Å². The Bertz CT molecular complexity index is 1110. The Labute approximate surface area is 152 Å². The second-order valence-electron chi connectivity index (χ2n) is 6.26. The molecular weight excluding hydrogens is 322 g/mol. The van der Waals surface area contributed by atoms with Gasteiger partial charge in [-0.1, -0.05) is 60.7 Å². The summed E-state index contributed by atoms with van der Waals surface area (Å²) >= 11 is 0. The molecule has 26 heavy (non-hydrogen) atoms. The van der Waals surface area contributed by atoms with Crippen molar-refractivity contribution in [3.8, 4) is 5.75 Å². The molecule has 0 fully saturated rings. The molecule has 3 heteroatoms. The maximum Gasteiger partial charge on any atom is 0.262 e. The summed E-state index contributed by atoms with van der Waals surface area (Å²) in [7, 11) is 0. The highest BCUT2D eigenvalue weighted by Crippen LogP contribution is 2.31. The van der Waals surface area contributed by atoms with E-state index in [1.165, 1.54) is 0 Å². The third kappa shape index (κ3) is 2.68. The number of carbonyl (C=O) groups is 1. The molecule has 0 bridgehead atoms. The quantitative estimate of drug-likeness (QED) is 0.544. The van der Waals surface area contributed by atoms with Crippen molar-refractivity contribution < 1.29 is 9.90 Å². The van der Waals surface area contributed by atoms with Crippen LogP contribution >= 0.6 is 0 Å². The van der Waals surface area contributed by atoms with Gasteiger partial charge in [0.15, 0.2) is 0 Å². The van der Waals surface area contributed by atoms with E-state index in [0.717, 1.165) is 27.2 Å². The SMILES string of the molecule is CCN(C(=O)c1cc2ccccc2cc1O)c1cccc2ccccc12. The van der Waals surface area contributed by atoms with E-state index in [1.54, 1.807) is 17.0 Å². The highest BCUT2D eigenvalue weighted by atomic mass is 16.3. The highest BCUT2D eigenvalue weighted by Gasteiger charge is 2.21. The molecule has 0 heterocycles.